The van der Waals surface area contributed by atoms with Crippen molar-refractivity contribution >= 4 is 63.6 Å². The third-order valence-electron chi connectivity index (χ3n) is 7.04. The van der Waals surface area contributed by atoms with Crippen molar-refractivity contribution in [2.75, 3.05) is 34.0 Å². The molecule has 0 radical (unpaired) electrons. The molecule has 2 aliphatic heterocycles. The predicted octanol–water partition coefficient (Wildman–Crippen LogP) is 3.32. The van der Waals surface area contributed by atoms with Crippen molar-refractivity contribution in [1.29, 1.82) is 0 Å². The fourth-order valence-corrected chi connectivity index (χ4v) is 5.07. The molecule has 1 aromatic heterocycles. The molecule has 2 atom stereocenters. The number of fused-ring (bicyclic) bond motifs is 2. The first-order valence-corrected chi connectivity index (χ1v) is 14.0. The Morgan fingerprint density at radius 3 is 2.66 bits per heavy atom. The van der Waals surface area contributed by atoms with E-state index in [1.54, 1.807) is 45.0 Å². The van der Waals surface area contributed by atoms with Gasteiger partial charge in [-0.15, -0.1) is 0 Å². The summed E-state index contributed by atoms with van der Waals surface area (Å²) in [4.78, 5) is 72.7. The number of nitrogens with zero attached hydrogens (tertiary/aromatic N) is 3. The van der Waals surface area contributed by atoms with Crippen molar-refractivity contribution in [2.24, 2.45) is 5.92 Å². The SMILES string of the molecule is CC(C)(C)OC(=O)Nc1ncnc2cc(NC(=O)[C@H](CC(=O)O)[C@H]3OCCN(c4ccc5c(c4)NC(=O)CC5)C3=O)ccc12. The summed E-state index contributed by atoms with van der Waals surface area (Å²) in [7, 11) is 0. The van der Waals surface area contributed by atoms with E-state index in [-0.39, 0.29) is 30.6 Å². The number of aromatic nitrogens is 2. The van der Waals surface area contributed by atoms with Crippen LogP contribution in [0, 0.1) is 5.92 Å². The van der Waals surface area contributed by atoms with Crippen molar-refractivity contribution in [3.63, 3.8) is 0 Å². The number of hydrogen-bond acceptors (Lipinski definition) is 9. The summed E-state index contributed by atoms with van der Waals surface area (Å²) in [6, 6.07) is 9.94. The lowest BCUT2D eigenvalue weighted by Gasteiger charge is -2.35. The van der Waals surface area contributed by atoms with E-state index in [9.17, 15) is 29.1 Å². The maximum Gasteiger partial charge on any atom is 0.413 e. The molecule has 0 unspecified atom stereocenters. The molecular weight excluding hydrogens is 572 g/mol. The Morgan fingerprint density at radius 1 is 1.11 bits per heavy atom. The largest absolute Gasteiger partial charge is 0.481 e. The zero-order valence-corrected chi connectivity index (χ0v) is 24.4. The summed E-state index contributed by atoms with van der Waals surface area (Å²) >= 11 is 0. The van der Waals surface area contributed by atoms with Crippen molar-refractivity contribution in [1.82, 2.24) is 9.97 Å². The van der Waals surface area contributed by atoms with Gasteiger partial charge in [-0.2, -0.15) is 0 Å². The minimum atomic E-state index is -1.36. The molecule has 1 fully saturated rings. The Balaban J connectivity index is 1.34. The van der Waals surface area contributed by atoms with Crippen LogP contribution in [0.5, 0.6) is 0 Å². The van der Waals surface area contributed by atoms with Gasteiger partial charge in [-0.25, -0.2) is 14.8 Å². The number of carbonyl (C=O) groups excluding carboxylic acids is 4. The quantitative estimate of drug-likeness (QED) is 0.311. The molecule has 2 aromatic carbocycles. The lowest BCUT2D eigenvalue weighted by Crippen LogP contribution is -2.53. The van der Waals surface area contributed by atoms with Gasteiger partial charge in [0.15, 0.2) is 0 Å². The number of nitrogens with one attached hydrogen (secondary N) is 3. The number of carbonyl (C=O) groups is 5. The molecule has 0 spiro atoms. The number of amides is 4. The molecule has 14 heteroatoms. The molecule has 230 valence electrons. The number of carboxylic acid groups (broad SMARTS) is 1. The lowest BCUT2D eigenvalue weighted by atomic mass is 9.94. The Bertz CT molecular complexity index is 1650. The fraction of sp³-hybridized carbons (Fsp3) is 0.367. The first-order chi connectivity index (χ1) is 20.9. The second kappa shape index (κ2) is 12.2. The van der Waals surface area contributed by atoms with Crippen molar-refractivity contribution in [3.05, 3.63) is 48.3 Å². The third kappa shape index (κ3) is 6.92. The summed E-state index contributed by atoms with van der Waals surface area (Å²) in [6.07, 6.45) is -0.509. The van der Waals surface area contributed by atoms with E-state index in [1.807, 2.05) is 6.07 Å². The van der Waals surface area contributed by atoms with Gasteiger partial charge in [0.25, 0.3) is 5.91 Å². The zero-order chi connectivity index (χ0) is 31.6. The van der Waals surface area contributed by atoms with Gasteiger partial charge in [-0.05, 0) is 63.1 Å². The number of benzene rings is 2. The van der Waals surface area contributed by atoms with Crippen LogP contribution >= 0.6 is 0 Å². The van der Waals surface area contributed by atoms with E-state index in [0.29, 0.717) is 35.1 Å². The van der Waals surface area contributed by atoms with Crippen LogP contribution in [0.3, 0.4) is 0 Å². The van der Waals surface area contributed by atoms with Crippen LogP contribution in [0.1, 0.15) is 39.2 Å². The zero-order valence-electron chi connectivity index (χ0n) is 24.4. The summed E-state index contributed by atoms with van der Waals surface area (Å²) in [6.45, 7) is 5.46. The van der Waals surface area contributed by atoms with Crippen LogP contribution in [0.4, 0.5) is 27.7 Å². The molecule has 4 N–H and O–H groups in total. The molecule has 44 heavy (non-hydrogen) atoms. The lowest BCUT2D eigenvalue weighted by molar-refractivity contribution is -0.149. The third-order valence-corrected chi connectivity index (χ3v) is 7.04. The number of anilines is 4. The van der Waals surface area contributed by atoms with Gasteiger partial charge in [-0.3, -0.25) is 24.5 Å². The summed E-state index contributed by atoms with van der Waals surface area (Å²) < 4.78 is 11.0. The van der Waals surface area contributed by atoms with Crippen molar-refractivity contribution < 1.29 is 38.6 Å². The van der Waals surface area contributed by atoms with Crippen LogP contribution in [0.2, 0.25) is 0 Å². The van der Waals surface area contributed by atoms with Gasteiger partial charge < -0.3 is 30.1 Å². The highest BCUT2D eigenvalue weighted by atomic mass is 16.6. The summed E-state index contributed by atoms with van der Waals surface area (Å²) in [5, 5.41) is 18.1. The standard InChI is InChI=1S/C30H32N6O8/c1-30(2,3)44-29(42)35-26-19-8-6-17(12-22(19)31-15-32-26)33-27(40)20(14-24(38)39)25-28(41)36(10-11-43-25)18-7-4-16-5-9-23(37)34-21(16)13-18/h4,6-8,12-13,15,20,25H,5,9-11,14H2,1-3H3,(H,33,40)(H,34,37)(H,38,39)(H,31,32,35,42)/t20-,25-/m1/s1. The van der Waals surface area contributed by atoms with Crippen LogP contribution in [-0.2, 0) is 35.1 Å². The molecule has 4 amide bonds. The Labute approximate surface area is 252 Å². The first kappa shape index (κ1) is 30.4. The number of ether oxygens (including phenoxy) is 2. The van der Waals surface area contributed by atoms with E-state index < -0.39 is 47.9 Å². The van der Waals surface area contributed by atoms with Crippen LogP contribution in [0.15, 0.2) is 42.7 Å². The van der Waals surface area contributed by atoms with E-state index in [1.165, 1.54) is 17.3 Å². The topological polar surface area (TPSA) is 189 Å². The maximum absolute atomic E-state index is 13.6. The Hall–Kier alpha value is -5.11. The van der Waals surface area contributed by atoms with E-state index >= 15 is 0 Å². The first-order valence-electron chi connectivity index (χ1n) is 14.0. The highest BCUT2D eigenvalue weighted by Gasteiger charge is 2.41. The fourth-order valence-electron chi connectivity index (χ4n) is 5.07. The summed E-state index contributed by atoms with van der Waals surface area (Å²) in [5.74, 6) is -3.84. The highest BCUT2D eigenvalue weighted by Crippen LogP contribution is 2.31. The number of aryl methyl sites for hydroxylation is 1. The van der Waals surface area contributed by atoms with Gasteiger partial charge >= 0.3 is 12.1 Å². The number of carboxylic acids is 1. The van der Waals surface area contributed by atoms with E-state index in [0.717, 1.165) is 5.56 Å². The highest BCUT2D eigenvalue weighted by molar-refractivity contribution is 6.05. The van der Waals surface area contributed by atoms with Gasteiger partial charge in [-0.1, -0.05) is 6.07 Å². The number of hydrogen-bond donors (Lipinski definition) is 4. The second-order valence-corrected chi connectivity index (χ2v) is 11.4. The molecule has 0 aliphatic carbocycles. The van der Waals surface area contributed by atoms with E-state index in [2.05, 4.69) is 25.9 Å². The smallest absolute Gasteiger partial charge is 0.413 e. The Kier molecular flexibility index (Phi) is 8.45. The summed E-state index contributed by atoms with van der Waals surface area (Å²) in [5.41, 5.74) is 2.01. The Morgan fingerprint density at radius 2 is 1.91 bits per heavy atom. The molecule has 5 rings (SSSR count). The van der Waals surface area contributed by atoms with Crippen molar-refractivity contribution in [2.45, 2.75) is 51.7 Å². The molecular formula is C30H32N6O8. The minimum Gasteiger partial charge on any atom is -0.481 e. The van der Waals surface area contributed by atoms with Gasteiger partial charge in [0.1, 0.15) is 23.9 Å². The number of aliphatic carboxylic acids is 1. The second-order valence-electron chi connectivity index (χ2n) is 11.4. The average Bonchev–Trinajstić information content (AvgIpc) is 2.94. The van der Waals surface area contributed by atoms with Gasteiger partial charge in [0, 0.05) is 35.4 Å². The molecule has 1 saturated heterocycles. The molecule has 0 bridgehead atoms. The normalized spacial score (nSPS) is 17.3. The maximum atomic E-state index is 13.6. The average molecular weight is 605 g/mol. The van der Waals surface area contributed by atoms with Crippen LogP contribution in [0.25, 0.3) is 10.9 Å². The van der Waals surface area contributed by atoms with Gasteiger partial charge in [0.05, 0.1) is 24.5 Å². The number of morpholine rings is 1. The van der Waals surface area contributed by atoms with Gasteiger partial charge in [0.2, 0.25) is 11.8 Å². The van der Waals surface area contributed by atoms with E-state index in [4.69, 9.17) is 9.47 Å². The molecule has 3 heterocycles. The van der Waals surface area contributed by atoms with Crippen molar-refractivity contribution in [3.8, 4) is 0 Å². The van der Waals surface area contributed by atoms with Crippen LogP contribution < -0.4 is 20.9 Å². The van der Waals surface area contributed by atoms with Crippen LogP contribution in [-0.4, -0.2) is 69.7 Å². The molecule has 3 aromatic rings. The monoisotopic (exact) mass is 604 g/mol. The predicted molar refractivity (Wildman–Crippen MR) is 159 cm³/mol. The molecule has 0 saturated carbocycles. The number of rotatable bonds is 7. The minimum absolute atomic E-state index is 0.0730. The molecule has 14 nitrogen and oxygen atoms in total. The molecule has 2 aliphatic rings.